The zero-order chi connectivity index (χ0) is 54.7. The Morgan fingerprint density at radius 1 is 0.175 bits per heavy atom. The van der Waals surface area contributed by atoms with E-state index in [1.807, 2.05) is 41.5 Å². The molecule has 14 aromatic carbocycles. The first kappa shape index (κ1) is 51.0. The van der Waals surface area contributed by atoms with E-state index >= 15 is 0 Å². The van der Waals surface area contributed by atoms with E-state index in [1.165, 1.54) is 109 Å². The van der Waals surface area contributed by atoms with E-state index in [4.69, 9.17) is 8.83 Å². The molecule has 0 saturated heterocycles. The summed E-state index contributed by atoms with van der Waals surface area (Å²) in [7, 11) is 0. The number of rotatable bonds is 4. The number of furan rings is 2. The molecule has 0 aliphatic carbocycles. The molecule has 2 aromatic heterocycles. The van der Waals surface area contributed by atoms with E-state index in [0.29, 0.717) is 0 Å². The summed E-state index contributed by atoms with van der Waals surface area (Å²) >= 11 is 0. The fourth-order valence-electron chi connectivity index (χ4n) is 11.9. The molecule has 0 N–H and O–H groups in total. The maximum atomic E-state index is 6.30. The summed E-state index contributed by atoms with van der Waals surface area (Å²) in [6.45, 7) is 12.0. The van der Waals surface area contributed by atoms with Crippen molar-refractivity contribution < 1.29 is 8.83 Å². The van der Waals surface area contributed by atoms with Crippen LogP contribution in [0.4, 0.5) is 0 Å². The summed E-state index contributed by atoms with van der Waals surface area (Å²) in [5.41, 5.74) is 13.7. The minimum atomic E-state index is 0.920. The van der Waals surface area contributed by atoms with Crippen LogP contribution in [-0.2, 0) is 0 Å². The van der Waals surface area contributed by atoms with Gasteiger partial charge in [0.15, 0.2) is 0 Å². The predicted molar refractivity (Wildman–Crippen MR) is 348 cm³/mol. The summed E-state index contributed by atoms with van der Waals surface area (Å²) in [5, 5.41) is 19.6. The van der Waals surface area contributed by atoms with Crippen LogP contribution in [0.1, 0.15) is 41.5 Å². The first-order valence-electron chi connectivity index (χ1n) is 28.4. The zero-order valence-corrected chi connectivity index (χ0v) is 46.2. The van der Waals surface area contributed by atoms with Gasteiger partial charge in [-0.25, -0.2) is 0 Å². The Hall–Kier alpha value is -9.76. The Balaban J connectivity index is 0.000000146. The molecule has 0 saturated carbocycles. The fraction of sp³-hybridized carbons (Fsp3) is 0.0769. The molecule has 0 unspecified atom stereocenters. The molecule has 0 aliphatic rings. The first-order chi connectivity index (χ1) is 39.7. The number of hydrogen-bond donors (Lipinski definition) is 0. The number of hydrogen-bond acceptors (Lipinski definition) is 2. The van der Waals surface area contributed by atoms with Gasteiger partial charge in [0.2, 0.25) is 0 Å². The zero-order valence-electron chi connectivity index (χ0n) is 46.2. The van der Waals surface area contributed by atoms with Crippen LogP contribution in [0.3, 0.4) is 0 Å². The minimum Gasteiger partial charge on any atom is -0.456 e. The van der Waals surface area contributed by atoms with Crippen LogP contribution >= 0.6 is 0 Å². The molecule has 2 nitrogen and oxygen atoms in total. The SMILES string of the molecule is CC.CC.CC.c1ccc(-c2c3ccccc3c(-c3ccc4oc5cc6ccccc6cc5c4c3)c3ccccc23)cc1.c1ccc(-c2c3ccccc3c(-c3ccc4oc5cc6ccccc6cc5c4c3)c3ccccc23)cc1. The van der Waals surface area contributed by atoms with E-state index in [2.05, 4.69) is 267 Å². The number of fused-ring (bicyclic) bond motifs is 12. The molecule has 0 amide bonds. The molecule has 16 rings (SSSR count). The van der Waals surface area contributed by atoms with Gasteiger partial charge in [0, 0.05) is 21.5 Å². The van der Waals surface area contributed by atoms with Crippen molar-refractivity contribution in [1.82, 2.24) is 0 Å². The quantitative estimate of drug-likeness (QED) is 0.164. The van der Waals surface area contributed by atoms with E-state index in [9.17, 15) is 0 Å². The summed E-state index contributed by atoms with van der Waals surface area (Å²) in [6, 6.07) is 95.8. The van der Waals surface area contributed by atoms with Crippen molar-refractivity contribution in [1.29, 1.82) is 0 Å². The highest BCUT2D eigenvalue weighted by molar-refractivity contribution is 6.24. The van der Waals surface area contributed by atoms with Crippen molar-refractivity contribution in [3.63, 3.8) is 0 Å². The third-order valence-corrected chi connectivity index (χ3v) is 15.2. The molecular weight excluding hydrogens is 969 g/mol. The van der Waals surface area contributed by atoms with E-state index in [-0.39, 0.29) is 0 Å². The van der Waals surface area contributed by atoms with Crippen LogP contribution < -0.4 is 0 Å². The normalized spacial score (nSPS) is 11.1. The van der Waals surface area contributed by atoms with Gasteiger partial charge in [-0.3, -0.25) is 0 Å². The van der Waals surface area contributed by atoms with Crippen LogP contribution in [0.5, 0.6) is 0 Å². The van der Waals surface area contributed by atoms with E-state index in [0.717, 1.165) is 43.9 Å². The lowest BCUT2D eigenvalue weighted by molar-refractivity contribution is 0.669. The Kier molecular flexibility index (Phi) is 14.2. The molecule has 0 radical (unpaired) electrons. The van der Waals surface area contributed by atoms with Gasteiger partial charge in [-0.2, -0.15) is 0 Å². The average Bonchev–Trinajstić information content (AvgIpc) is 4.12. The van der Waals surface area contributed by atoms with Gasteiger partial charge in [0.25, 0.3) is 0 Å². The van der Waals surface area contributed by atoms with Crippen LogP contribution in [0.2, 0.25) is 0 Å². The van der Waals surface area contributed by atoms with Crippen LogP contribution in [0.15, 0.2) is 276 Å². The highest BCUT2D eigenvalue weighted by atomic mass is 16.3. The Morgan fingerprint density at radius 2 is 0.412 bits per heavy atom. The monoisotopic (exact) mass is 1030 g/mol. The lowest BCUT2D eigenvalue weighted by Crippen LogP contribution is -1.90. The van der Waals surface area contributed by atoms with E-state index in [1.54, 1.807) is 0 Å². The van der Waals surface area contributed by atoms with Crippen molar-refractivity contribution >= 4 is 109 Å². The molecule has 0 bridgehead atoms. The molecule has 0 aliphatic heterocycles. The Morgan fingerprint density at radius 3 is 0.713 bits per heavy atom. The second kappa shape index (κ2) is 22.3. The minimum absolute atomic E-state index is 0.920. The van der Waals surface area contributed by atoms with Gasteiger partial charge in [0.05, 0.1) is 0 Å². The maximum Gasteiger partial charge on any atom is 0.136 e. The van der Waals surface area contributed by atoms with Crippen molar-refractivity contribution in [3.05, 3.63) is 267 Å². The summed E-state index contributed by atoms with van der Waals surface area (Å²) in [4.78, 5) is 0. The predicted octanol–water partition coefficient (Wildman–Crippen LogP) is 23.8. The standard InChI is InChI=1S/2C36H22O.3C2H6/c2*1-2-10-23(11-3-1)35-27-14-6-8-16-29(27)36(30-17-9-7-15-28(30)35)26-18-19-33-31(21-26)32-20-24-12-4-5-13-25(24)22-34(32)37-33;3*1-2/h2*1-22H;3*1-2H3. The van der Waals surface area contributed by atoms with Gasteiger partial charge in [-0.1, -0.05) is 260 Å². The third kappa shape index (κ3) is 8.90. The van der Waals surface area contributed by atoms with E-state index < -0.39 is 0 Å². The highest BCUT2D eigenvalue weighted by Crippen LogP contribution is 2.47. The van der Waals surface area contributed by atoms with Crippen molar-refractivity contribution in [3.8, 4) is 44.5 Å². The van der Waals surface area contributed by atoms with Gasteiger partial charge in [-0.15, -0.1) is 0 Å². The maximum absolute atomic E-state index is 6.30. The van der Waals surface area contributed by atoms with Crippen molar-refractivity contribution in [2.24, 2.45) is 0 Å². The molecular formula is C78H62O2. The summed E-state index contributed by atoms with van der Waals surface area (Å²) in [6.07, 6.45) is 0. The van der Waals surface area contributed by atoms with Crippen molar-refractivity contribution in [2.75, 3.05) is 0 Å². The second-order valence-electron chi connectivity index (χ2n) is 19.4. The largest absolute Gasteiger partial charge is 0.456 e. The first-order valence-corrected chi connectivity index (χ1v) is 28.4. The molecule has 0 atom stereocenters. The average molecular weight is 1030 g/mol. The van der Waals surface area contributed by atoms with Crippen LogP contribution in [0.25, 0.3) is 153 Å². The van der Waals surface area contributed by atoms with Gasteiger partial charge < -0.3 is 8.83 Å². The summed E-state index contributed by atoms with van der Waals surface area (Å²) in [5.74, 6) is 0. The molecule has 2 heteroatoms. The highest BCUT2D eigenvalue weighted by Gasteiger charge is 2.20. The second-order valence-corrected chi connectivity index (χ2v) is 19.4. The lowest BCUT2D eigenvalue weighted by atomic mass is 9.86. The molecule has 0 spiro atoms. The lowest BCUT2D eigenvalue weighted by Gasteiger charge is -2.17. The van der Waals surface area contributed by atoms with Gasteiger partial charge in [-0.05, 0) is 158 Å². The fourth-order valence-corrected chi connectivity index (χ4v) is 11.9. The van der Waals surface area contributed by atoms with Crippen LogP contribution in [0, 0.1) is 0 Å². The van der Waals surface area contributed by atoms with Gasteiger partial charge in [0.1, 0.15) is 22.3 Å². The van der Waals surface area contributed by atoms with Crippen LogP contribution in [-0.4, -0.2) is 0 Å². The summed E-state index contributed by atoms with van der Waals surface area (Å²) < 4.78 is 12.6. The molecule has 16 aromatic rings. The number of benzene rings is 14. The molecule has 386 valence electrons. The Labute approximate surface area is 467 Å². The topological polar surface area (TPSA) is 26.3 Å². The third-order valence-electron chi connectivity index (χ3n) is 15.2. The van der Waals surface area contributed by atoms with Crippen molar-refractivity contribution in [2.45, 2.75) is 41.5 Å². The molecule has 2 heterocycles. The Bertz CT molecular complexity index is 4460. The molecule has 0 fully saturated rings. The molecule has 80 heavy (non-hydrogen) atoms. The van der Waals surface area contributed by atoms with Gasteiger partial charge >= 0.3 is 0 Å². The smallest absolute Gasteiger partial charge is 0.136 e.